The molecule has 1 atom stereocenters. The molecule has 3 N–H and O–H groups in total. The minimum absolute atomic E-state index is 0.0352. The van der Waals surface area contributed by atoms with Crippen LogP contribution >= 0.6 is 0 Å². The average Bonchev–Trinajstić information content (AvgIpc) is 2.95. The van der Waals surface area contributed by atoms with E-state index in [1.54, 1.807) is 32.4 Å². The highest BCUT2D eigenvalue weighted by Crippen LogP contribution is 2.28. The Hall–Kier alpha value is -4.40. The van der Waals surface area contributed by atoms with Crippen molar-refractivity contribution in [1.29, 1.82) is 0 Å². The number of aliphatic carboxylic acids is 1. The van der Waals surface area contributed by atoms with Crippen LogP contribution in [0.4, 0.5) is 17.5 Å². The first-order valence-electron chi connectivity index (χ1n) is 13.6. The van der Waals surface area contributed by atoms with Gasteiger partial charge >= 0.3 is 5.97 Å². The minimum atomic E-state index is -0.819. The Morgan fingerprint density at radius 2 is 1.98 bits per heavy atom. The van der Waals surface area contributed by atoms with E-state index >= 15 is 0 Å². The zero-order chi connectivity index (χ0) is 28.1. The van der Waals surface area contributed by atoms with E-state index in [-0.39, 0.29) is 6.10 Å². The second-order valence-corrected chi connectivity index (χ2v) is 11.0. The van der Waals surface area contributed by atoms with Gasteiger partial charge in [0.05, 0.1) is 24.4 Å². The highest BCUT2D eigenvalue weighted by atomic mass is 16.5. The fourth-order valence-electron chi connectivity index (χ4n) is 4.94. The number of pyridine rings is 1. The van der Waals surface area contributed by atoms with Gasteiger partial charge in [-0.05, 0) is 74.4 Å². The van der Waals surface area contributed by atoms with Gasteiger partial charge in [0.15, 0.2) is 11.6 Å². The van der Waals surface area contributed by atoms with E-state index in [9.17, 15) is 15.0 Å². The van der Waals surface area contributed by atoms with Crippen molar-refractivity contribution in [1.82, 2.24) is 15.0 Å². The molecule has 1 unspecified atom stereocenters. The number of aliphatic hydroxyl groups is 1. The van der Waals surface area contributed by atoms with Gasteiger partial charge in [0.1, 0.15) is 23.5 Å². The Kier molecular flexibility index (Phi) is 8.00. The van der Waals surface area contributed by atoms with Crippen molar-refractivity contribution >= 4 is 23.4 Å². The molecule has 0 amide bonds. The van der Waals surface area contributed by atoms with Gasteiger partial charge in [-0.2, -0.15) is 0 Å². The van der Waals surface area contributed by atoms with Crippen LogP contribution in [0.25, 0.3) is 11.1 Å². The van der Waals surface area contributed by atoms with E-state index < -0.39 is 11.4 Å². The molecule has 1 saturated heterocycles. The van der Waals surface area contributed by atoms with Gasteiger partial charge in [-0.25, -0.2) is 9.97 Å². The number of piperidine rings is 1. The van der Waals surface area contributed by atoms with Gasteiger partial charge < -0.3 is 25.2 Å². The maximum absolute atomic E-state index is 11.5. The molecule has 5 rings (SSSR count). The maximum Gasteiger partial charge on any atom is 0.309 e. The van der Waals surface area contributed by atoms with E-state index in [1.807, 2.05) is 48.6 Å². The molecule has 3 heterocycles. The summed E-state index contributed by atoms with van der Waals surface area (Å²) in [6.45, 7) is 4.98. The predicted molar refractivity (Wildman–Crippen MR) is 154 cm³/mol. The van der Waals surface area contributed by atoms with Crippen LogP contribution in [0.5, 0.6) is 0 Å². The lowest BCUT2D eigenvalue weighted by molar-refractivity contribution is -0.146. The molecule has 3 aromatic rings. The Bertz CT molecular complexity index is 1420. The van der Waals surface area contributed by atoms with Crippen LogP contribution in [0.3, 0.4) is 0 Å². The first-order chi connectivity index (χ1) is 19.3. The molecule has 40 heavy (non-hydrogen) atoms. The van der Waals surface area contributed by atoms with Gasteiger partial charge in [-0.1, -0.05) is 30.3 Å². The number of carbonyl (C=O) groups is 1. The summed E-state index contributed by atoms with van der Waals surface area (Å²) < 4.78 is 6.12. The molecule has 208 valence electrons. The van der Waals surface area contributed by atoms with E-state index in [0.717, 1.165) is 48.3 Å². The standard InChI is InChI=1S/C31H35N5O4/c1-31(2,30(38)39)17-21-9-11-22(12-10-21)23-13-14-33-27(16-23)34-28-18-32-19-29(35-28)36-15-5-6-24(20-36)40-26-8-4-3-7-25(26)37/h4,8-14,16,18-19,24,37H,3,5-7,15,17,20H2,1-2H3,(H,38,39)(H,33,34,35). The summed E-state index contributed by atoms with van der Waals surface area (Å²) in [5.74, 6) is 2.07. The number of carboxylic acid groups (broad SMARTS) is 1. The summed E-state index contributed by atoms with van der Waals surface area (Å²) in [5.41, 5.74) is 2.15. The Morgan fingerprint density at radius 1 is 1.15 bits per heavy atom. The molecule has 1 aliphatic heterocycles. The number of allylic oxidation sites excluding steroid dienone is 3. The Labute approximate surface area is 234 Å². The van der Waals surface area contributed by atoms with Crippen LogP contribution in [0, 0.1) is 5.41 Å². The Balaban J connectivity index is 1.25. The van der Waals surface area contributed by atoms with Crippen molar-refractivity contribution in [3.63, 3.8) is 0 Å². The molecular weight excluding hydrogens is 506 g/mol. The Morgan fingerprint density at radius 3 is 2.75 bits per heavy atom. The van der Waals surface area contributed by atoms with Crippen molar-refractivity contribution < 1.29 is 19.7 Å². The second-order valence-electron chi connectivity index (χ2n) is 11.0. The van der Waals surface area contributed by atoms with Crippen molar-refractivity contribution in [3.05, 3.63) is 84.2 Å². The van der Waals surface area contributed by atoms with Crippen LogP contribution in [0.15, 0.2) is 78.7 Å². The lowest BCUT2D eigenvalue weighted by Crippen LogP contribution is -2.40. The zero-order valence-corrected chi connectivity index (χ0v) is 22.9. The number of nitrogens with zero attached hydrogens (tertiary/aromatic N) is 4. The summed E-state index contributed by atoms with van der Waals surface area (Å²) in [7, 11) is 0. The highest BCUT2D eigenvalue weighted by Gasteiger charge is 2.27. The quantitative estimate of drug-likeness (QED) is 0.298. The van der Waals surface area contributed by atoms with Crippen molar-refractivity contribution in [2.75, 3.05) is 23.3 Å². The molecule has 2 aliphatic rings. The summed E-state index contributed by atoms with van der Waals surface area (Å²) in [6, 6.07) is 11.8. The fourth-order valence-corrected chi connectivity index (χ4v) is 4.94. The average molecular weight is 542 g/mol. The lowest BCUT2D eigenvalue weighted by atomic mass is 9.85. The van der Waals surface area contributed by atoms with E-state index in [2.05, 4.69) is 20.2 Å². The van der Waals surface area contributed by atoms with Crippen molar-refractivity contribution in [2.45, 2.75) is 52.1 Å². The molecule has 0 radical (unpaired) electrons. The third-order valence-corrected chi connectivity index (χ3v) is 7.25. The summed E-state index contributed by atoms with van der Waals surface area (Å²) in [5, 5.41) is 22.8. The molecular formula is C31H35N5O4. The topological polar surface area (TPSA) is 121 Å². The molecule has 1 aliphatic carbocycles. The minimum Gasteiger partial charge on any atom is -0.508 e. The highest BCUT2D eigenvalue weighted by molar-refractivity contribution is 5.74. The van der Waals surface area contributed by atoms with Crippen LogP contribution < -0.4 is 10.2 Å². The summed E-state index contributed by atoms with van der Waals surface area (Å²) >= 11 is 0. The second kappa shape index (κ2) is 11.8. The van der Waals surface area contributed by atoms with E-state index in [4.69, 9.17) is 9.72 Å². The fraction of sp³-hybridized carbons (Fsp3) is 0.355. The van der Waals surface area contributed by atoms with Gasteiger partial charge in [0, 0.05) is 19.2 Å². The van der Waals surface area contributed by atoms with Crippen LogP contribution in [-0.4, -0.2) is 50.3 Å². The number of benzene rings is 1. The normalized spacial score (nSPS) is 17.6. The number of hydrogen-bond donors (Lipinski definition) is 3. The van der Waals surface area contributed by atoms with Crippen molar-refractivity contribution in [3.8, 4) is 11.1 Å². The molecule has 0 spiro atoms. The third kappa shape index (κ3) is 6.59. The van der Waals surface area contributed by atoms with E-state index in [1.165, 1.54) is 0 Å². The number of anilines is 3. The number of carboxylic acids is 1. The molecule has 0 bridgehead atoms. The van der Waals surface area contributed by atoms with Gasteiger partial charge in [-0.3, -0.25) is 9.78 Å². The molecule has 2 aromatic heterocycles. The number of ether oxygens (including phenoxy) is 1. The SMILES string of the molecule is CC(C)(Cc1ccc(-c2ccnc(Nc3cncc(N4CCCC(OC5=C(O)CCC=C5)C4)n3)c2)cc1)C(=O)O. The third-order valence-electron chi connectivity index (χ3n) is 7.25. The molecule has 9 nitrogen and oxygen atoms in total. The van der Waals surface area contributed by atoms with Gasteiger partial charge in [0.25, 0.3) is 0 Å². The first kappa shape index (κ1) is 27.2. The van der Waals surface area contributed by atoms with Crippen LogP contribution in [-0.2, 0) is 16.0 Å². The monoisotopic (exact) mass is 541 g/mol. The number of aliphatic hydroxyl groups excluding tert-OH is 1. The molecule has 1 aromatic carbocycles. The number of rotatable bonds is 9. The zero-order valence-electron chi connectivity index (χ0n) is 22.9. The number of hydrogen-bond acceptors (Lipinski definition) is 8. The van der Waals surface area contributed by atoms with Gasteiger partial charge in [-0.15, -0.1) is 0 Å². The smallest absolute Gasteiger partial charge is 0.309 e. The van der Waals surface area contributed by atoms with Crippen molar-refractivity contribution in [2.24, 2.45) is 5.41 Å². The number of aromatic nitrogens is 3. The van der Waals surface area contributed by atoms with Gasteiger partial charge in [0.2, 0.25) is 0 Å². The molecule has 0 saturated carbocycles. The molecule has 9 heteroatoms. The molecule has 1 fully saturated rings. The summed E-state index contributed by atoms with van der Waals surface area (Å²) in [4.78, 5) is 27.3. The largest absolute Gasteiger partial charge is 0.508 e. The summed E-state index contributed by atoms with van der Waals surface area (Å²) in [6.07, 6.45) is 12.8. The lowest BCUT2D eigenvalue weighted by Gasteiger charge is -2.34. The van der Waals surface area contributed by atoms with Crippen LogP contribution in [0.2, 0.25) is 0 Å². The van der Waals surface area contributed by atoms with Crippen LogP contribution in [0.1, 0.15) is 45.1 Å². The first-order valence-corrected chi connectivity index (χ1v) is 13.6. The number of nitrogens with one attached hydrogen (secondary N) is 1. The predicted octanol–water partition coefficient (Wildman–Crippen LogP) is 6.04. The van der Waals surface area contributed by atoms with E-state index in [0.29, 0.717) is 42.5 Å². The maximum atomic E-state index is 11.5.